The van der Waals surface area contributed by atoms with E-state index in [0.717, 1.165) is 24.8 Å². The van der Waals surface area contributed by atoms with Crippen LogP contribution >= 0.6 is 15.2 Å². The lowest BCUT2D eigenvalue weighted by atomic mass is 10.1. The Kier molecular flexibility index (Phi) is 8.57. The van der Waals surface area contributed by atoms with Crippen LogP contribution in [0.4, 0.5) is 5.82 Å². The lowest BCUT2D eigenvalue weighted by molar-refractivity contribution is 0.343. The molecule has 0 saturated heterocycles. The van der Waals surface area contributed by atoms with E-state index in [2.05, 4.69) is 17.2 Å². The van der Waals surface area contributed by atoms with Crippen molar-refractivity contribution >= 4 is 21.0 Å². The number of unbranched alkanes of at least 4 members (excludes halogenated alkanes) is 5. The van der Waals surface area contributed by atoms with Gasteiger partial charge in [-0.05, 0) is 30.5 Å². The van der Waals surface area contributed by atoms with E-state index < -0.39 is 20.7 Å². The largest absolute Gasteiger partial charge is 0.360 e. The first-order valence-electron chi connectivity index (χ1n) is 7.96. The first-order chi connectivity index (χ1) is 11.1. The third-order valence-electron chi connectivity index (χ3n) is 3.56. The van der Waals surface area contributed by atoms with E-state index in [-0.39, 0.29) is 5.82 Å². The van der Waals surface area contributed by atoms with E-state index in [1.807, 2.05) is 0 Å². The Morgan fingerprint density at radius 2 is 1.62 bits per heavy atom. The van der Waals surface area contributed by atoms with Crippen LogP contribution in [0.5, 0.6) is 0 Å². The zero-order valence-corrected chi connectivity index (χ0v) is 15.5. The molecule has 1 aromatic rings. The molecule has 0 aliphatic carbocycles. The van der Waals surface area contributed by atoms with Crippen molar-refractivity contribution in [2.24, 2.45) is 0 Å². The first kappa shape index (κ1) is 21.3. The average molecular weight is 380 g/mol. The molecule has 5 N–H and O–H groups in total. The highest BCUT2D eigenvalue weighted by atomic mass is 31.2. The van der Waals surface area contributed by atoms with Crippen LogP contribution in [0, 0.1) is 0 Å². The summed E-state index contributed by atoms with van der Waals surface area (Å²) in [5.41, 5.74) is -1.39. The van der Waals surface area contributed by atoms with Crippen molar-refractivity contribution in [2.75, 3.05) is 5.32 Å². The molecule has 8 nitrogen and oxygen atoms in total. The molecular formula is C14H26N2O6P2. The highest BCUT2D eigenvalue weighted by Crippen LogP contribution is 2.59. The van der Waals surface area contributed by atoms with Gasteiger partial charge in [0.25, 0.3) is 0 Å². The van der Waals surface area contributed by atoms with Crippen LogP contribution < -0.4 is 5.32 Å². The molecule has 0 amide bonds. The molecule has 10 heteroatoms. The topological polar surface area (TPSA) is 140 Å². The summed E-state index contributed by atoms with van der Waals surface area (Å²) in [5, 5.41) is 2.18. The molecule has 0 aromatic carbocycles. The molecule has 0 radical (unpaired) electrons. The van der Waals surface area contributed by atoms with E-state index in [4.69, 9.17) is 19.6 Å². The van der Waals surface area contributed by atoms with Crippen LogP contribution in [-0.2, 0) is 15.6 Å². The maximum atomic E-state index is 11.3. The van der Waals surface area contributed by atoms with E-state index in [1.165, 1.54) is 31.9 Å². The number of nitrogens with zero attached hydrogens (tertiary/aromatic N) is 1. The van der Waals surface area contributed by atoms with Crippen molar-refractivity contribution in [3.63, 3.8) is 0 Å². The fraction of sp³-hybridized carbons (Fsp3) is 0.643. The van der Waals surface area contributed by atoms with Crippen LogP contribution in [0.25, 0.3) is 0 Å². The minimum Gasteiger partial charge on any atom is -0.346 e. The standard InChI is InChI=1S/C14H26N2O6P2/c1-2-3-4-5-6-7-8-12-9-10-15-13(11-12)16-14(23(17,18)19)24(20,21)22/h9-11,14H,2-8H2,1H3,(H,15,16)(H2,17,18,19)(H2,20,21,22). The Hall–Kier alpha value is -0.750. The average Bonchev–Trinajstić information content (AvgIpc) is 2.46. The second-order valence-corrected chi connectivity index (χ2v) is 9.56. The van der Waals surface area contributed by atoms with Crippen molar-refractivity contribution < 1.29 is 28.7 Å². The number of anilines is 1. The molecule has 0 aliphatic heterocycles. The fourth-order valence-corrected chi connectivity index (χ4v) is 4.48. The molecule has 0 unspecified atom stereocenters. The van der Waals surface area contributed by atoms with E-state index in [0.29, 0.717) is 0 Å². The van der Waals surface area contributed by atoms with Gasteiger partial charge in [-0.2, -0.15) is 0 Å². The van der Waals surface area contributed by atoms with Gasteiger partial charge in [-0.3, -0.25) is 9.13 Å². The zero-order valence-electron chi connectivity index (χ0n) is 13.7. The molecule has 0 aliphatic rings. The van der Waals surface area contributed by atoms with Crippen molar-refractivity contribution in [1.29, 1.82) is 0 Å². The van der Waals surface area contributed by atoms with E-state index in [9.17, 15) is 9.13 Å². The smallest absolute Gasteiger partial charge is 0.346 e. The summed E-state index contributed by atoms with van der Waals surface area (Å²) in [5.74, 6) is 0.0372. The zero-order chi connectivity index (χ0) is 18.2. The summed E-state index contributed by atoms with van der Waals surface area (Å²) in [6, 6.07) is 3.34. The molecule has 24 heavy (non-hydrogen) atoms. The van der Waals surface area contributed by atoms with Crippen molar-refractivity contribution in [2.45, 2.75) is 57.4 Å². The van der Waals surface area contributed by atoms with Gasteiger partial charge in [0.1, 0.15) is 5.82 Å². The summed E-state index contributed by atoms with van der Waals surface area (Å²) < 4.78 is 22.6. The van der Waals surface area contributed by atoms with Gasteiger partial charge in [0.05, 0.1) is 0 Å². The van der Waals surface area contributed by atoms with Crippen LogP contribution in [0.15, 0.2) is 18.3 Å². The minimum atomic E-state index is -5.03. The number of aromatic nitrogens is 1. The van der Waals surface area contributed by atoms with Gasteiger partial charge in [0.15, 0.2) is 0 Å². The van der Waals surface area contributed by atoms with Gasteiger partial charge < -0.3 is 24.9 Å². The van der Waals surface area contributed by atoms with E-state index in [1.54, 1.807) is 12.1 Å². The summed E-state index contributed by atoms with van der Waals surface area (Å²) >= 11 is 0. The molecule has 0 saturated carbocycles. The van der Waals surface area contributed by atoms with Crippen molar-refractivity contribution in [1.82, 2.24) is 4.98 Å². The fourth-order valence-electron chi connectivity index (χ4n) is 2.31. The predicted octanol–water partition coefficient (Wildman–Crippen LogP) is 3.04. The molecule has 0 atom stereocenters. The van der Waals surface area contributed by atoms with E-state index >= 15 is 0 Å². The van der Waals surface area contributed by atoms with Crippen LogP contribution in [0.1, 0.15) is 51.0 Å². The number of rotatable bonds is 11. The maximum absolute atomic E-state index is 11.3. The van der Waals surface area contributed by atoms with Gasteiger partial charge in [-0.15, -0.1) is 0 Å². The monoisotopic (exact) mass is 380 g/mol. The third kappa shape index (κ3) is 7.88. The molecule has 1 aromatic heterocycles. The van der Waals surface area contributed by atoms with Gasteiger partial charge in [-0.1, -0.05) is 39.0 Å². The first-order valence-corrected chi connectivity index (χ1v) is 11.3. The van der Waals surface area contributed by atoms with Crippen molar-refractivity contribution in [3.8, 4) is 0 Å². The van der Waals surface area contributed by atoms with Crippen molar-refractivity contribution in [3.05, 3.63) is 23.9 Å². The SMILES string of the molecule is CCCCCCCCc1ccnc(NC(P(=O)(O)O)P(=O)(O)O)c1. The number of hydrogen-bond acceptors (Lipinski definition) is 4. The van der Waals surface area contributed by atoms with Crippen LogP contribution in [-0.4, -0.2) is 30.1 Å². The molecular weight excluding hydrogens is 354 g/mol. The molecule has 138 valence electrons. The normalized spacial score (nSPS) is 12.6. The third-order valence-corrected chi connectivity index (χ3v) is 6.90. The highest BCUT2D eigenvalue weighted by Gasteiger charge is 2.43. The van der Waals surface area contributed by atoms with Gasteiger partial charge in [0, 0.05) is 6.20 Å². The summed E-state index contributed by atoms with van der Waals surface area (Å²) in [7, 11) is -10.1. The second-order valence-electron chi connectivity index (χ2n) is 5.76. The summed E-state index contributed by atoms with van der Waals surface area (Å²) in [4.78, 5) is 40.3. The second kappa shape index (κ2) is 9.66. The Morgan fingerprint density at radius 1 is 1.04 bits per heavy atom. The Bertz CT molecular complexity index is 579. The molecule has 1 rings (SSSR count). The Morgan fingerprint density at radius 3 is 2.21 bits per heavy atom. The Labute approximate surface area is 142 Å². The van der Waals surface area contributed by atoms with Crippen LogP contribution in [0.3, 0.4) is 0 Å². The minimum absolute atomic E-state index is 0.0372. The lowest BCUT2D eigenvalue weighted by Gasteiger charge is -2.21. The number of aryl methyl sites for hydroxylation is 1. The maximum Gasteiger partial charge on any atom is 0.360 e. The van der Waals surface area contributed by atoms with Gasteiger partial charge >= 0.3 is 15.2 Å². The quantitative estimate of drug-likeness (QED) is 0.291. The highest BCUT2D eigenvalue weighted by molar-refractivity contribution is 7.71. The molecule has 1 heterocycles. The number of pyridine rings is 1. The lowest BCUT2D eigenvalue weighted by Crippen LogP contribution is -2.20. The molecule has 0 fully saturated rings. The summed E-state index contributed by atoms with van der Waals surface area (Å²) in [6.45, 7) is 2.16. The predicted molar refractivity (Wildman–Crippen MR) is 92.8 cm³/mol. The van der Waals surface area contributed by atoms with Crippen LogP contribution in [0.2, 0.25) is 0 Å². The number of hydrogen-bond donors (Lipinski definition) is 5. The molecule has 0 spiro atoms. The number of nitrogens with one attached hydrogen (secondary N) is 1. The Balaban J connectivity index is 2.64. The van der Waals surface area contributed by atoms with Gasteiger partial charge in [0.2, 0.25) is 5.52 Å². The van der Waals surface area contributed by atoms with Gasteiger partial charge in [-0.25, -0.2) is 4.98 Å². The molecule has 0 bridgehead atoms. The summed E-state index contributed by atoms with van der Waals surface area (Å²) in [6.07, 6.45) is 9.11.